The van der Waals surface area contributed by atoms with E-state index in [9.17, 15) is 0 Å². The summed E-state index contributed by atoms with van der Waals surface area (Å²) in [6.45, 7) is 3.10. The number of thiocarbonyl (C=S) groups is 1. The molecule has 0 unspecified atom stereocenters. The topological polar surface area (TPSA) is 42.5 Å². The van der Waals surface area contributed by atoms with Gasteiger partial charge in [-0.2, -0.15) is 0 Å². The fourth-order valence-corrected chi connectivity index (χ4v) is 3.84. The summed E-state index contributed by atoms with van der Waals surface area (Å²) in [5, 5.41) is 7.33. The van der Waals surface area contributed by atoms with Crippen molar-refractivity contribution in [1.29, 1.82) is 0 Å². The number of fused-ring (bicyclic) bond motifs is 2. The molecule has 26 heavy (non-hydrogen) atoms. The fourth-order valence-electron chi connectivity index (χ4n) is 3.59. The lowest BCUT2D eigenvalue weighted by atomic mass is 9.89. The van der Waals surface area contributed by atoms with Crippen molar-refractivity contribution >= 4 is 17.3 Å². The van der Waals surface area contributed by atoms with E-state index in [2.05, 4.69) is 35.8 Å². The Balaban J connectivity index is 1.33. The zero-order valence-electron chi connectivity index (χ0n) is 15.0. The van der Waals surface area contributed by atoms with Crippen molar-refractivity contribution in [3.05, 3.63) is 58.7 Å². The zero-order chi connectivity index (χ0) is 17.9. The van der Waals surface area contributed by atoms with Gasteiger partial charge in [0.1, 0.15) is 0 Å². The molecule has 1 aliphatic carbocycles. The first-order valence-corrected chi connectivity index (χ1v) is 9.64. The lowest BCUT2D eigenvalue weighted by molar-refractivity contribution is 0.174. The summed E-state index contributed by atoms with van der Waals surface area (Å²) in [6, 6.07) is 13.0. The molecule has 0 radical (unpaired) electrons. The van der Waals surface area contributed by atoms with Gasteiger partial charge < -0.3 is 20.1 Å². The van der Waals surface area contributed by atoms with Crippen molar-refractivity contribution in [3.8, 4) is 11.5 Å². The van der Waals surface area contributed by atoms with E-state index >= 15 is 0 Å². The van der Waals surface area contributed by atoms with Crippen molar-refractivity contribution in [3.63, 3.8) is 0 Å². The molecule has 0 saturated carbocycles. The second kappa shape index (κ2) is 7.54. The van der Waals surface area contributed by atoms with E-state index < -0.39 is 0 Å². The Hall–Kier alpha value is -2.27. The van der Waals surface area contributed by atoms with Crippen LogP contribution in [0.3, 0.4) is 0 Å². The third-order valence-corrected chi connectivity index (χ3v) is 5.37. The van der Waals surface area contributed by atoms with E-state index in [-0.39, 0.29) is 6.04 Å². The molecule has 5 heteroatoms. The quantitative estimate of drug-likeness (QED) is 0.798. The van der Waals surface area contributed by atoms with Crippen LogP contribution >= 0.6 is 12.2 Å². The average molecular weight is 369 g/mol. The first-order chi connectivity index (χ1) is 12.7. The van der Waals surface area contributed by atoms with Gasteiger partial charge in [0.05, 0.1) is 6.04 Å². The van der Waals surface area contributed by atoms with Gasteiger partial charge in [0.15, 0.2) is 16.6 Å². The molecule has 0 bridgehead atoms. The molecule has 136 valence electrons. The Morgan fingerprint density at radius 1 is 1.04 bits per heavy atom. The van der Waals surface area contributed by atoms with Gasteiger partial charge in [-0.3, -0.25) is 0 Å². The number of ether oxygens (including phenoxy) is 2. The lowest BCUT2D eigenvalue weighted by Gasteiger charge is -2.21. The highest BCUT2D eigenvalue weighted by atomic mass is 32.1. The molecule has 1 atom stereocenters. The van der Waals surface area contributed by atoms with E-state index in [0.29, 0.717) is 18.5 Å². The standard InChI is InChI=1S/C21H24N2O2S/c1-14(17-8-7-16-4-2-3-5-18(16)11-17)23-21(26)22-12-15-6-9-19-20(10-15)25-13-24-19/h6-11,14H,2-5,12-13H2,1H3,(H2,22,23,26)/t14-/m0/s1. The minimum atomic E-state index is 0.180. The van der Waals surface area contributed by atoms with Crippen LogP contribution in [0.15, 0.2) is 36.4 Å². The van der Waals surface area contributed by atoms with Gasteiger partial charge in [-0.15, -0.1) is 0 Å². The Morgan fingerprint density at radius 3 is 2.73 bits per heavy atom. The first-order valence-electron chi connectivity index (χ1n) is 9.23. The van der Waals surface area contributed by atoms with Crippen molar-refractivity contribution in [2.24, 2.45) is 0 Å². The van der Waals surface area contributed by atoms with Gasteiger partial charge in [0.2, 0.25) is 6.79 Å². The van der Waals surface area contributed by atoms with Gasteiger partial charge >= 0.3 is 0 Å². The molecule has 1 heterocycles. The number of rotatable bonds is 4. The number of hydrogen-bond donors (Lipinski definition) is 2. The van der Waals surface area contributed by atoms with Crippen molar-refractivity contribution < 1.29 is 9.47 Å². The fraction of sp³-hybridized carbons (Fsp3) is 0.381. The monoisotopic (exact) mass is 368 g/mol. The Kier molecular flexibility index (Phi) is 4.98. The van der Waals surface area contributed by atoms with Crippen LogP contribution < -0.4 is 20.1 Å². The summed E-state index contributed by atoms with van der Waals surface area (Å²) in [5.41, 5.74) is 5.41. The van der Waals surface area contributed by atoms with Crippen LogP contribution in [0.4, 0.5) is 0 Å². The number of nitrogens with one attached hydrogen (secondary N) is 2. The van der Waals surface area contributed by atoms with Crippen LogP contribution in [0.5, 0.6) is 11.5 Å². The third-order valence-electron chi connectivity index (χ3n) is 5.11. The minimum absolute atomic E-state index is 0.180. The third kappa shape index (κ3) is 3.78. The molecule has 0 spiro atoms. The van der Waals surface area contributed by atoms with Crippen molar-refractivity contribution in [1.82, 2.24) is 10.6 Å². The highest BCUT2D eigenvalue weighted by Gasteiger charge is 2.14. The predicted molar refractivity (Wildman–Crippen MR) is 107 cm³/mol. The van der Waals surface area contributed by atoms with Gasteiger partial charge in [-0.25, -0.2) is 0 Å². The molecule has 0 amide bonds. The molecule has 2 N–H and O–H groups in total. The van der Waals surface area contributed by atoms with Gasteiger partial charge in [0.25, 0.3) is 0 Å². The van der Waals surface area contributed by atoms with Crippen LogP contribution in [0.25, 0.3) is 0 Å². The largest absolute Gasteiger partial charge is 0.454 e. The molecular weight excluding hydrogens is 344 g/mol. The Labute approximate surface area is 159 Å². The second-order valence-corrected chi connectivity index (χ2v) is 7.38. The highest BCUT2D eigenvalue weighted by Crippen LogP contribution is 2.32. The molecule has 0 fully saturated rings. The number of benzene rings is 2. The van der Waals surface area contributed by atoms with E-state index in [1.54, 1.807) is 0 Å². The SMILES string of the molecule is C[C@H](NC(=S)NCc1ccc2c(c1)OCO2)c1ccc2c(c1)CCCC2. The van der Waals surface area contributed by atoms with Crippen LogP contribution in [0.2, 0.25) is 0 Å². The maximum atomic E-state index is 5.47. The molecule has 2 aliphatic rings. The zero-order valence-corrected chi connectivity index (χ0v) is 15.8. The molecule has 2 aromatic carbocycles. The predicted octanol–water partition coefficient (Wildman–Crippen LogP) is 4.02. The maximum absolute atomic E-state index is 5.47. The molecule has 0 saturated heterocycles. The van der Waals surface area contributed by atoms with Gasteiger partial charge in [-0.05, 0) is 79.2 Å². The molecule has 4 nitrogen and oxygen atoms in total. The molecule has 2 aromatic rings. The van der Waals surface area contributed by atoms with Crippen LogP contribution in [-0.4, -0.2) is 11.9 Å². The normalized spacial score (nSPS) is 15.9. The lowest BCUT2D eigenvalue weighted by Crippen LogP contribution is -2.36. The summed E-state index contributed by atoms with van der Waals surface area (Å²) in [6.07, 6.45) is 5.03. The number of aryl methyl sites for hydroxylation is 2. The molecular formula is C21H24N2O2S. The summed E-state index contributed by atoms with van der Waals surface area (Å²) in [7, 11) is 0. The summed E-state index contributed by atoms with van der Waals surface area (Å²) in [4.78, 5) is 0. The molecule has 4 rings (SSSR count). The van der Waals surface area contributed by atoms with Crippen molar-refractivity contribution in [2.45, 2.75) is 45.2 Å². The van der Waals surface area contributed by atoms with Crippen LogP contribution in [-0.2, 0) is 19.4 Å². The minimum Gasteiger partial charge on any atom is -0.454 e. The Morgan fingerprint density at radius 2 is 1.85 bits per heavy atom. The van der Waals surface area contributed by atoms with Gasteiger partial charge in [-0.1, -0.05) is 24.3 Å². The maximum Gasteiger partial charge on any atom is 0.231 e. The smallest absolute Gasteiger partial charge is 0.231 e. The summed E-state index contributed by atoms with van der Waals surface area (Å²) >= 11 is 5.47. The van der Waals surface area contributed by atoms with Crippen LogP contribution in [0.1, 0.15) is 48.1 Å². The van der Waals surface area contributed by atoms with E-state index in [4.69, 9.17) is 21.7 Å². The summed E-state index contributed by atoms with van der Waals surface area (Å²) < 4.78 is 10.8. The van der Waals surface area contributed by atoms with Gasteiger partial charge in [0, 0.05) is 6.54 Å². The van der Waals surface area contributed by atoms with E-state index in [0.717, 1.165) is 17.1 Å². The Bertz CT molecular complexity index is 822. The van der Waals surface area contributed by atoms with E-state index in [1.165, 1.54) is 42.4 Å². The molecule has 0 aromatic heterocycles. The molecule has 1 aliphatic heterocycles. The van der Waals surface area contributed by atoms with E-state index in [1.807, 2.05) is 18.2 Å². The average Bonchev–Trinajstić information content (AvgIpc) is 3.13. The van der Waals surface area contributed by atoms with Crippen molar-refractivity contribution in [2.75, 3.05) is 6.79 Å². The number of hydrogen-bond acceptors (Lipinski definition) is 3. The summed E-state index contributed by atoms with van der Waals surface area (Å²) in [5.74, 6) is 1.60. The van der Waals surface area contributed by atoms with Crippen LogP contribution in [0, 0.1) is 0 Å². The second-order valence-electron chi connectivity index (χ2n) is 6.97. The highest BCUT2D eigenvalue weighted by molar-refractivity contribution is 7.80. The first kappa shape index (κ1) is 17.2.